The molecule has 0 aromatic rings. The highest BCUT2D eigenvalue weighted by molar-refractivity contribution is 4.75. The van der Waals surface area contributed by atoms with Gasteiger partial charge in [-0.3, -0.25) is 0 Å². The molecule has 73 valence electrons. The van der Waals surface area contributed by atoms with Gasteiger partial charge in [-0.25, -0.2) is 0 Å². The van der Waals surface area contributed by atoms with Crippen LogP contribution >= 0.6 is 0 Å². The first-order chi connectivity index (χ1) is 5.58. The molecule has 0 N–H and O–H groups in total. The first kappa shape index (κ1) is 12.0. The Morgan fingerprint density at radius 3 is 2.25 bits per heavy atom. The molecule has 0 heteroatoms. The van der Waals surface area contributed by atoms with E-state index < -0.39 is 0 Å². The van der Waals surface area contributed by atoms with E-state index in [1.165, 1.54) is 25.7 Å². The molecular formula is C12H25. The van der Waals surface area contributed by atoms with E-state index in [-0.39, 0.29) is 0 Å². The molecule has 12 heavy (non-hydrogen) atoms. The van der Waals surface area contributed by atoms with Crippen LogP contribution in [0.4, 0.5) is 0 Å². The topological polar surface area (TPSA) is 0 Å². The molecule has 0 aliphatic heterocycles. The average Bonchev–Trinajstić information content (AvgIpc) is 2.05. The summed E-state index contributed by atoms with van der Waals surface area (Å²) in [5.74, 6) is 0.877. The summed E-state index contributed by atoms with van der Waals surface area (Å²) >= 11 is 0. The Kier molecular flexibility index (Phi) is 5.61. The van der Waals surface area contributed by atoms with E-state index in [9.17, 15) is 0 Å². The van der Waals surface area contributed by atoms with Gasteiger partial charge >= 0.3 is 0 Å². The molecule has 0 aliphatic carbocycles. The maximum atomic E-state index is 4.04. The molecule has 1 radical (unpaired) electrons. The van der Waals surface area contributed by atoms with Crippen molar-refractivity contribution in [2.75, 3.05) is 0 Å². The van der Waals surface area contributed by atoms with Gasteiger partial charge in [0.05, 0.1) is 0 Å². The van der Waals surface area contributed by atoms with Crippen LogP contribution in [0, 0.1) is 18.3 Å². The fourth-order valence-electron chi connectivity index (χ4n) is 1.86. The molecule has 0 nitrogen and oxygen atoms in total. The van der Waals surface area contributed by atoms with Crippen LogP contribution in [-0.2, 0) is 0 Å². The normalized spacial score (nSPS) is 14.8. The van der Waals surface area contributed by atoms with E-state index in [4.69, 9.17) is 0 Å². The summed E-state index contributed by atoms with van der Waals surface area (Å²) in [6.45, 7) is 13.3. The Balaban J connectivity index is 3.84. The number of hydrogen-bond donors (Lipinski definition) is 0. The van der Waals surface area contributed by atoms with Crippen molar-refractivity contribution in [3.05, 3.63) is 6.92 Å². The average molecular weight is 169 g/mol. The highest BCUT2D eigenvalue weighted by Crippen LogP contribution is 2.34. The van der Waals surface area contributed by atoms with Crippen LogP contribution in [0.25, 0.3) is 0 Å². The van der Waals surface area contributed by atoms with Gasteiger partial charge in [-0.15, -0.1) is 0 Å². The van der Waals surface area contributed by atoms with Crippen molar-refractivity contribution < 1.29 is 0 Å². The fraction of sp³-hybridized carbons (Fsp3) is 0.917. The zero-order valence-electron chi connectivity index (χ0n) is 9.32. The van der Waals surface area contributed by atoms with Crippen LogP contribution in [0.3, 0.4) is 0 Å². The van der Waals surface area contributed by atoms with Gasteiger partial charge in [-0.05, 0) is 24.2 Å². The summed E-state index contributed by atoms with van der Waals surface area (Å²) in [4.78, 5) is 0. The zero-order valence-corrected chi connectivity index (χ0v) is 9.32. The van der Waals surface area contributed by atoms with E-state index in [2.05, 4.69) is 34.6 Å². The number of rotatable bonds is 6. The van der Waals surface area contributed by atoms with E-state index >= 15 is 0 Å². The van der Waals surface area contributed by atoms with Crippen molar-refractivity contribution in [1.82, 2.24) is 0 Å². The molecule has 0 aromatic carbocycles. The summed E-state index contributed by atoms with van der Waals surface area (Å²) < 4.78 is 0. The van der Waals surface area contributed by atoms with Crippen LogP contribution in [-0.4, -0.2) is 0 Å². The summed E-state index contributed by atoms with van der Waals surface area (Å²) in [6.07, 6.45) is 6.39. The van der Waals surface area contributed by atoms with Crippen LogP contribution in [0.5, 0.6) is 0 Å². The summed E-state index contributed by atoms with van der Waals surface area (Å²) in [7, 11) is 0. The third kappa shape index (κ3) is 4.13. The van der Waals surface area contributed by atoms with Crippen LogP contribution in [0.1, 0.15) is 59.8 Å². The van der Waals surface area contributed by atoms with Crippen molar-refractivity contribution in [2.45, 2.75) is 59.8 Å². The molecule has 0 fully saturated rings. The lowest BCUT2D eigenvalue weighted by Crippen LogP contribution is -2.17. The van der Waals surface area contributed by atoms with Crippen LogP contribution in [0.15, 0.2) is 0 Å². The van der Waals surface area contributed by atoms with Gasteiger partial charge in [-0.2, -0.15) is 0 Å². The molecule has 2 atom stereocenters. The van der Waals surface area contributed by atoms with Gasteiger partial charge in [0, 0.05) is 0 Å². The summed E-state index contributed by atoms with van der Waals surface area (Å²) in [6, 6.07) is 0. The first-order valence-electron chi connectivity index (χ1n) is 5.37. The monoisotopic (exact) mass is 169 g/mol. The maximum Gasteiger partial charge on any atom is -0.0326 e. The lowest BCUT2D eigenvalue weighted by Gasteiger charge is -2.29. The Morgan fingerprint density at radius 1 is 1.33 bits per heavy atom. The summed E-state index contributed by atoms with van der Waals surface area (Å²) in [5.41, 5.74) is 0.495. The number of hydrogen-bond acceptors (Lipinski definition) is 0. The second kappa shape index (κ2) is 5.61. The Labute approximate surface area is 78.8 Å². The third-order valence-electron chi connectivity index (χ3n) is 3.08. The van der Waals surface area contributed by atoms with Crippen molar-refractivity contribution in [1.29, 1.82) is 0 Å². The van der Waals surface area contributed by atoms with Gasteiger partial charge < -0.3 is 0 Å². The summed E-state index contributed by atoms with van der Waals surface area (Å²) in [5, 5.41) is 0. The Bertz CT molecular complexity index is 101. The van der Waals surface area contributed by atoms with E-state index in [0.717, 1.165) is 12.3 Å². The molecule has 0 saturated carbocycles. The highest BCUT2D eigenvalue weighted by Gasteiger charge is 2.21. The van der Waals surface area contributed by atoms with E-state index in [0.29, 0.717) is 5.41 Å². The molecular weight excluding hydrogens is 144 g/mol. The van der Waals surface area contributed by atoms with Gasteiger partial charge in [-0.1, -0.05) is 53.9 Å². The molecule has 0 bridgehead atoms. The molecule has 0 aliphatic rings. The van der Waals surface area contributed by atoms with Gasteiger partial charge in [0.2, 0.25) is 0 Å². The quantitative estimate of drug-likeness (QED) is 0.551. The second-order valence-corrected chi connectivity index (χ2v) is 4.51. The molecule has 0 saturated heterocycles. The van der Waals surface area contributed by atoms with Crippen molar-refractivity contribution in [2.24, 2.45) is 11.3 Å². The predicted octanol–water partition coefficient (Wildman–Crippen LogP) is 4.45. The Hall–Kier alpha value is 0. The lowest BCUT2D eigenvalue weighted by molar-refractivity contribution is 0.232. The van der Waals surface area contributed by atoms with E-state index in [1.807, 2.05) is 0 Å². The largest absolute Gasteiger partial charge is 0.0654 e. The minimum absolute atomic E-state index is 0.495. The van der Waals surface area contributed by atoms with E-state index in [1.54, 1.807) is 0 Å². The minimum Gasteiger partial charge on any atom is -0.0654 e. The highest BCUT2D eigenvalue weighted by atomic mass is 14.3. The molecule has 0 spiro atoms. The third-order valence-corrected chi connectivity index (χ3v) is 3.08. The van der Waals surface area contributed by atoms with Crippen LogP contribution < -0.4 is 0 Å². The first-order valence-corrected chi connectivity index (χ1v) is 5.37. The van der Waals surface area contributed by atoms with Crippen molar-refractivity contribution >= 4 is 0 Å². The lowest BCUT2D eigenvalue weighted by atomic mass is 9.76. The fourth-order valence-corrected chi connectivity index (χ4v) is 1.86. The zero-order chi connectivity index (χ0) is 9.61. The van der Waals surface area contributed by atoms with Crippen molar-refractivity contribution in [3.8, 4) is 0 Å². The van der Waals surface area contributed by atoms with Gasteiger partial charge in [0.1, 0.15) is 0 Å². The smallest absolute Gasteiger partial charge is 0.0326 e. The molecule has 0 aromatic heterocycles. The SMILES string of the molecule is [CH2]CC(C)(CC)CC(C)CCC. The standard InChI is InChI=1S/C12H25/c1-6-9-11(4)10-12(5,7-2)8-3/h11H,2,6-10H2,1,3-5H3. The molecule has 0 amide bonds. The van der Waals surface area contributed by atoms with Gasteiger partial charge in [0.15, 0.2) is 0 Å². The van der Waals surface area contributed by atoms with Crippen LogP contribution in [0.2, 0.25) is 0 Å². The minimum atomic E-state index is 0.495. The second-order valence-electron chi connectivity index (χ2n) is 4.51. The maximum absolute atomic E-state index is 4.04. The predicted molar refractivity (Wildman–Crippen MR) is 57.1 cm³/mol. The molecule has 0 rings (SSSR count). The Morgan fingerprint density at radius 2 is 1.92 bits per heavy atom. The van der Waals surface area contributed by atoms with Crippen molar-refractivity contribution in [3.63, 3.8) is 0 Å². The molecule has 0 heterocycles. The van der Waals surface area contributed by atoms with Gasteiger partial charge in [0.25, 0.3) is 0 Å². The molecule has 2 unspecified atom stereocenters.